The zero-order chi connectivity index (χ0) is 22.6. The molecule has 0 radical (unpaired) electrons. The number of nitrogens with zero attached hydrogens (tertiary/aromatic N) is 4. The van der Waals surface area contributed by atoms with Crippen LogP contribution in [0.15, 0.2) is 30.3 Å². The van der Waals surface area contributed by atoms with Crippen LogP contribution in [-0.2, 0) is 6.54 Å². The van der Waals surface area contributed by atoms with Crippen molar-refractivity contribution < 1.29 is 4.79 Å². The van der Waals surface area contributed by atoms with E-state index in [4.69, 9.17) is 5.10 Å². The van der Waals surface area contributed by atoms with Gasteiger partial charge in [-0.15, -0.1) is 0 Å². The second kappa shape index (κ2) is 8.15. The van der Waals surface area contributed by atoms with Gasteiger partial charge in [-0.25, -0.2) is 9.48 Å². The van der Waals surface area contributed by atoms with Crippen LogP contribution in [0.25, 0.3) is 5.69 Å². The quantitative estimate of drug-likeness (QED) is 0.761. The van der Waals surface area contributed by atoms with Crippen LogP contribution >= 0.6 is 0 Å². The molecule has 5 fully saturated rings. The highest BCUT2D eigenvalue weighted by atomic mass is 16.2. The summed E-state index contributed by atoms with van der Waals surface area (Å²) in [4.78, 5) is 17.7. The van der Waals surface area contributed by atoms with Gasteiger partial charge in [-0.1, -0.05) is 18.2 Å². The predicted molar refractivity (Wildman–Crippen MR) is 129 cm³/mol. The van der Waals surface area contributed by atoms with Gasteiger partial charge in [0.05, 0.1) is 11.4 Å². The number of urea groups is 1. The standard InChI is InChI=1S/C27H37N5O/c1-19-25(20(2)32(29-19)24-6-4-3-5-7-24)18-30-8-10-31(11-9-30)26(33)28-27-15-21-12-22(16-27)14-23(13-21)17-27/h3-7,21-23H,8-18H2,1-2H3,(H,28,33). The van der Waals surface area contributed by atoms with E-state index in [0.717, 1.165) is 61.9 Å². The van der Waals surface area contributed by atoms with Crippen molar-refractivity contribution in [3.05, 3.63) is 47.3 Å². The Bertz CT molecular complexity index is 985. The van der Waals surface area contributed by atoms with Gasteiger partial charge in [0.15, 0.2) is 0 Å². The van der Waals surface area contributed by atoms with Gasteiger partial charge in [0.1, 0.15) is 0 Å². The van der Waals surface area contributed by atoms with Crippen LogP contribution in [0.1, 0.15) is 55.5 Å². The summed E-state index contributed by atoms with van der Waals surface area (Å²) in [6, 6.07) is 10.5. The molecule has 6 heteroatoms. The van der Waals surface area contributed by atoms with Crippen LogP contribution in [0.4, 0.5) is 4.79 Å². The number of rotatable bonds is 4. The maximum atomic E-state index is 13.2. The first-order chi connectivity index (χ1) is 16.0. The third-order valence-electron chi connectivity index (χ3n) is 8.89. The molecule has 5 aliphatic rings. The van der Waals surface area contributed by atoms with Crippen molar-refractivity contribution in [2.75, 3.05) is 26.2 Å². The van der Waals surface area contributed by atoms with E-state index < -0.39 is 0 Å². The van der Waals surface area contributed by atoms with E-state index in [1.54, 1.807) is 0 Å². The summed E-state index contributed by atoms with van der Waals surface area (Å²) in [5.41, 5.74) is 4.82. The minimum Gasteiger partial charge on any atom is -0.333 e. The summed E-state index contributed by atoms with van der Waals surface area (Å²) < 4.78 is 2.06. The van der Waals surface area contributed by atoms with Gasteiger partial charge in [0, 0.05) is 49.5 Å². The van der Waals surface area contributed by atoms with Crippen molar-refractivity contribution in [3.63, 3.8) is 0 Å². The van der Waals surface area contributed by atoms with Gasteiger partial charge < -0.3 is 10.2 Å². The Kier molecular flexibility index (Phi) is 5.24. The number of hydrogen-bond donors (Lipinski definition) is 1. The summed E-state index contributed by atoms with van der Waals surface area (Å²) in [5, 5.41) is 8.36. The van der Waals surface area contributed by atoms with Crippen molar-refractivity contribution in [3.8, 4) is 5.69 Å². The molecule has 1 aromatic carbocycles. The van der Waals surface area contributed by atoms with Crippen LogP contribution in [0.2, 0.25) is 0 Å². The highest BCUT2D eigenvalue weighted by Crippen LogP contribution is 2.55. The maximum Gasteiger partial charge on any atom is 0.317 e. The number of aromatic nitrogens is 2. The monoisotopic (exact) mass is 447 g/mol. The molecule has 1 aromatic heterocycles. The lowest BCUT2D eigenvalue weighted by Gasteiger charge is -2.57. The summed E-state index contributed by atoms with van der Waals surface area (Å²) in [5.74, 6) is 2.57. The lowest BCUT2D eigenvalue weighted by Crippen LogP contribution is -2.63. The van der Waals surface area contributed by atoms with Crippen LogP contribution < -0.4 is 5.32 Å². The number of carbonyl (C=O) groups is 1. The van der Waals surface area contributed by atoms with Crippen LogP contribution in [0.3, 0.4) is 0 Å². The zero-order valence-electron chi connectivity index (χ0n) is 20.1. The number of para-hydroxylation sites is 1. The van der Waals surface area contributed by atoms with Crippen molar-refractivity contribution >= 4 is 6.03 Å². The van der Waals surface area contributed by atoms with Crippen LogP contribution in [0.5, 0.6) is 0 Å². The number of carbonyl (C=O) groups excluding carboxylic acids is 1. The molecule has 2 heterocycles. The first-order valence-corrected chi connectivity index (χ1v) is 12.9. The molecule has 0 unspecified atom stereocenters. The predicted octanol–water partition coefficient (Wildman–Crippen LogP) is 4.29. The summed E-state index contributed by atoms with van der Waals surface area (Å²) in [6.07, 6.45) is 7.88. The minimum atomic E-state index is 0.100. The Labute approximate surface area is 197 Å². The highest BCUT2D eigenvalue weighted by molar-refractivity contribution is 5.75. The molecule has 4 aliphatic carbocycles. The minimum absolute atomic E-state index is 0.100. The Morgan fingerprint density at radius 1 is 0.970 bits per heavy atom. The number of aryl methyl sites for hydroxylation is 1. The van der Waals surface area contributed by atoms with Gasteiger partial charge in [-0.05, 0) is 82.3 Å². The van der Waals surface area contributed by atoms with Gasteiger partial charge >= 0.3 is 6.03 Å². The topological polar surface area (TPSA) is 53.4 Å². The van der Waals surface area contributed by atoms with Crippen molar-refractivity contribution in [1.82, 2.24) is 24.9 Å². The van der Waals surface area contributed by atoms with E-state index in [9.17, 15) is 4.79 Å². The van der Waals surface area contributed by atoms with Crippen LogP contribution in [0, 0.1) is 31.6 Å². The van der Waals surface area contributed by atoms with Gasteiger partial charge in [-0.2, -0.15) is 5.10 Å². The Balaban J connectivity index is 1.06. The molecule has 1 aliphatic heterocycles. The molecular weight excluding hydrogens is 410 g/mol. The molecule has 4 saturated carbocycles. The molecule has 0 spiro atoms. The van der Waals surface area contributed by atoms with Gasteiger partial charge in [0.2, 0.25) is 0 Å². The molecule has 2 aromatic rings. The van der Waals surface area contributed by atoms with Crippen molar-refractivity contribution in [1.29, 1.82) is 0 Å². The fourth-order valence-corrected chi connectivity index (χ4v) is 7.63. The van der Waals surface area contributed by atoms with E-state index >= 15 is 0 Å². The van der Waals surface area contributed by atoms with Crippen LogP contribution in [-0.4, -0.2) is 57.3 Å². The van der Waals surface area contributed by atoms with E-state index in [-0.39, 0.29) is 11.6 Å². The fourth-order valence-electron chi connectivity index (χ4n) is 7.63. The smallest absolute Gasteiger partial charge is 0.317 e. The Hall–Kier alpha value is -2.34. The van der Waals surface area contributed by atoms with E-state index in [0.29, 0.717) is 0 Å². The average molecular weight is 448 g/mol. The normalized spacial score (nSPS) is 31.2. The van der Waals surface area contributed by atoms with E-state index in [1.165, 1.54) is 49.8 Å². The number of piperazine rings is 1. The number of nitrogens with one attached hydrogen (secondary N) is 1. The molecule has 176 valence electrons. The SMILES string of the molecule is Cc1nn(-c2ccccc2)c(C)c1CN1CCN(C(=O)NC23CC4CC(CC(C4)C2)C3)CC1. The third kappa shape index (κ3) is 3.96. The molecule has 0 atom stereocenters. The van der Waals surface area contributed by atoms with Crippen molar-refractivity contribution in [2.45, 2.75) is 64.5 Å². The summed E-state index contributed by atoms with van der Waals surface area (Å²) in [7, 11) is 0. The van der Waals surface area contributed by atoms with Gasteiger partial charge in [0.25, 0.3) is 0 Å². The third-order valence-corrected chi connectivity index (χ3v) is 8.89. The number of hydrogen-bond acceptors (Lipinski definition) is 3. The fraction of sp³-hybridized carbons (Fsp3) is 0.630. The highest BCUT2D eigenvalue weighted by Gasteiger charge is 2.51. The Morgan fingerprint density at radius 3 is 2.18 bits per heavy atom. The Morgan fingerprint density at radius 2 is 1.58 bits per heavy atom. The first kappa shape index (κ1) is 21.2. The second-order valence-electron chi connectivity index (χ2n) is 11.3. The molecule has 33 heavy (non-hydrogen) atoms. The zero-order valence-corrected chi connectivity index (χ0v) is 20.1. The lowest BCUT2D eigenvalue weighted by molar-refractivity contribution is -0.0165. The molecule has 7 rings (SSSR count). The summed E-state index contributed by atoms with van der Waals surface area (Å²) >= 11 is 0. The number of benzene rings is 1. The first-order valence-electron chi connectivity index (χ1n) is 12.9. The lowest BCUT2D eigenvalue weighted by atomic mass is 9.53. The number of amides is 2. The van der Waals surface area contributed by atoms with E-state index in [2.05, 4.69) is 57.9 Å². The van der Waals surface area contributed by atoms with Gasteiger partial charge in [-0.3, -0.25) is 4.90 Å². The van der Waals surface area contributed by atoms with E-state index in [1.807, 2.05) is 6.07 Å². The molecule has 6 nitrogen and oxygen atoms in total. The summed E-state index contributed by atoms with van der Waals surface area (Å²) in [6.45, 7) is 8.63. The molecule has 2 amide bonds. The molecular formula is C27H37N5O. The largest absolute Gasteiger partial charge is 0.333 e. The maximum absolute atomic E-state index is 13.2. The van der Waals surface area contributed by atoms with Crippen molar-refractivity contribution in [2.24, 2.45) is 17.8 Å². The molecule has 1 N–H and O–H groups in total. The molecule has 1 saturated heterocycles. The second-order valence-corrected chi connectivity index (χ2v) is 11.3. The average Bonchev–Trinajstić information content (AvgIpc) is 3.07. The molecule has 4 bridgehead atoms.